The van der Waals surface area contributed by atoms with E-state index in [4.69, 9.17) is 5.11 Å². The fourth-order valence-electron chi connectivity index (χ4n) is 1.24. The van der Waals surface area contributed by atoms with Crippen molar-refractivity contribution in [2.24, 2.45) is 5.92 Å². The van der Waals surface area contributed by atoms with E-state index in [0.717, 1.165) is 5.56 Å². The first-order valence-corrected chi connectivity index (χ1v) is 4.62. The molecule has 0 atom stereocenters. The lowest BCUT2D eigenvalue weighted by Crippen LogP contribution is -2.01. The van der Waals surface area contributed by atoms with Crippen molar-refractivity contribution in [3.8, 4) is 0 Å². The molecule has 0 aliphatic heterocycles. The number of hydrogen-bond donors (Lipinski definition) is 1. The molecule has 0 saturated heterocycles. The van der Waals surface area contributed by atoms with Crippen LogP contribution in [0, 0.1) is 5.92 Å². The van der Waals surface area contributed by atoms with Crippen molar-refractivity contribution in [3.05, 3.63) is 42.0 Å². The Morgan fingerprint density at radius 1 is 1.29 bits per heavy atom. The molecule has 0 heterocycles. The predicted octanol–water partition coefficient (Wildman–Crippen LogP) is 2.81. The first kappa shape index (κ1) is 10.5. The van der Waals surface area contributed by atoms with E-state index in [-0.39, 0.29) is 5.92 Å². The SMILES string of the molecule is CC(C)/C=C(\C(=O)O)c1ccccc1. The second-order valence-electron chi connectivity index (χ2n) is 3.50. The minimum absolute atomic E-state index is 0.237. The van der Waals surface area contributed by atoms with Crippen LogP contribution >= 0.6 is 0 Å². The summed E-state index contributed by atoms with van der Waals surface area (Å²) >= 11 is 0. The molecule has 0 unspecified atom stereocenters. The highest BCUT2D eigenvalue weighted by Crippen LogP contribution is 2.16. The van der Waals surface area contributed by atoms with Gasteiger partial charge in [-0.2, -0.15) is 0 Å². The molecule has 0 fully saturated rings. The van der Waals surface area contributed by atoms with Crippen LogP contribution in [-0.2, 0) is 4.79 Å². The maximum atomic E-state index is 11.0. The Morgan fingerprint density at radius 3 is 2.29 bits per heavy atom. The lowest BCUT2D eigenvalue weighted by Gasteiger charge is -2.04. The van der Waals surface area contributed by atoms with Gasteiger partial charge in [0.25, 0.3) is 0 Å². The normalized spacial score (nSPS) is 11.8. The minimum atomic E-state index is -0.870. The van der Waals surface area contributed by atoms with Crippen molar-refractivity contribution in [1.82, 2.24) is 0 Å². The van der Waals surface area contributed by atoms with E-state index in [1.807, 2.05) is 44.2 Å². The number of aliphatic carboxylic acids is 1. The fourth-order valence-corrected chi connectivity index (χ4v) is 1.24. The van der Waals surface area contributed by atoms with Crippen LogP contribution in [0.3, 0.4) is 0 Å². The molecule has 14 heavy (non-hydrogen) atoms. The Kier molecular flexibility index (Phi) is 3.46. The third-order valence-electron chi connectivity index (χ3n) is 1.82. The van der Waals surface area contributed by atoms with E-state index in [9.17, 15) is 4.79 Å². The lowest BCUT2D eigenvalue weighted by molar-refractivity contribution is -0.130. The van der Waals surface area contributed by atoms with E-state index < -0.39 is 5.97 Å². The number of allylic oxidation sites excluding steroid dienone is 1. The summed E-state index contributed by atoms with van der Waals surface area (Å²) in [6.07, 6.45) is 1.76. The highest BCUT2D eigenvalue weighted by atomic mass is 16.4. The fraction of sp³-hybridized carbons (Fsp3) is 0.250. The minimum Gasteiger partial charge on any atom is -0.478 e. The summed E-state index contributed by atoms with van der Waals surface area (Å²) < 4.78 is 0. The molecule has 74 valence electrons. The zero-order valence-electron chi connectivity index (χ0n) is 8.40. The topological polar surface area (TPSA) is 37.3 Å². The number of hydrogen-bond acceptors (Lipinski definition) is 1. The smallest absolute Gasteiger partial charge is 0.335 e. The quantitative estimate of drug-likeness (QED) is 0.744. The van der Waals surface area contributed by atoms with Gasteiger partial charge in [-0.1, -0.05) is 50.3 Å². The van der Waals surface area contributed by atoms with Crippen LogP contribution < -0.4 is 0 Å². The summed E-state index contributed by atoms with van der Waals surface area (Å²) in [5.74, 6) is -0.633. The van der Waals surface area contributed by atoms with Gasteiger partial charge in [0.05, 0.1) is 5.57 Å². The molecular weight excluding hydrogens is 176 g/mol. The zero-order chi connectivity index (χ0) is 10.6. The van der Waals surface area contributed by atoms with E-state index in [1.165, 1.54) is 0 Å². The zero-order valence-corrected chi connectivity index (χ0v) is 8.40. The van der Waals surface area contributed by atoms with Crippen LogP contribution in [0.1, 0.15) is 19.4 Å². The van der Waals surface area contributed by atoms with Gasteiger partial charge >= 0.3 is 5.97 Å². The lowest BCUT2D eigenvalue weighted by atomic mass is 10.0. The average Bonchev–Trinajstić information content (AvgIpc) is 2.15. The first-order chi connectivity index (χ1) is 6.61. The summed E-state index contributed by atoms with van der Waals surface area (Å²) in [6, 6.07) is 9.17. The van der Waals surface area contributed by atoms with Gasteiger partial charge in [-0.25, -0.2) is 4.79 Å². The molecule has 0 aromatic heterocycles. The molecule has 1 aromatic carbocycles. The maximum absolute atomic E-state index is 11.0. The van der Waals surface area contributed by atoms with Gasteiger partial charge in [0.2, 0.25) is 0 Å². The van der Waals surface area contributed by atoms with E-state index in [1.54, 1.807) is 6.08 Å². The van der Waals surface area contributed by atoms with Crippen LogP contribution in [0.5, 0.6) is 0 Å². The Bertz CT molecular complexity index is 337. The van der Waals surface area contributed by atoms with Crippen LogP contribution in [-0.4, -0.2) is 11.1 Å². The Balaban J connectivity index is 3.08. The third kappa shape index (κ3) is 2.73. The summed E-state index contributed by atoms with van der Waals surface area (Å²) in [4.78, 5) is 11.0. The van der Waals surface area contributed by atoms with Gasteiger partial charge in [0.15, 0.2) is 0 Å². The molecule has 1 rings (SSSR count). The van der Waals surface area contributed by atoms with Crippen molar-refractivity contribution in [1.29, 1.82) is 0 Å². The number of carboxylic acids is 1. The summed E-state index contributed by atoms with van der Waals surface area (Å²) in [7, 11) is 0. The molecule has 0 aliphatic carbocycles. The molecule has 0 bridgehead atoms. The molecule has 1 N–H and O–H groups in total. The average molecular weight is 190 g/mol. The van der Waals surface area contributed by atoms with Crippen molar-refractivity contribution in [3.63, 3.8) is 0 Å². The highest BCUT2D eigenvalue weighted by Gasteiger charge is 2.09. The van der Waals surface area contributed by atoms with Crippen molar-refractivity contribution < 1.29 is 9.90 Å². The molecule has 0 radical (unpaired) electrons. The van der Waals surface area contributed by atoms with Crippen molar-refractivity contribution in [2.45, 2.75) is 13.8 Å². The summed E-state index contributed by atoms with van der Waals surface area (Å²) in [5, 5.41) is 9.01. The molecule has 1 aromatic rings. The van der Waals surface area contributed by atoms with E-state index >= 15 is 0 Å². The van der Waals surface area contributed by atoms with Gasteiger partial charge < -0.3 is 5.11 Å². The summed E-state index contributed by atoms with van der Waals surface area (Å²) in [6.45, 7) is 3.93. The van der Waals surface area contributed by atoms with Crippen LogP contribution in [0.4, 0.5) is 0 Å². The monoisotopic (exact) mass is 190 g/mol. The van der Waals surface area contributed by atoms with E-state index in [2.05, 4.69) is 0 Å². The third-order valence-corrected chi connectivity index (χ3v) is 1.82. The number of rotatable bonds is 3. The highest BCUT2D eigenvalue weighted by molar-refractivity contribution is 6.15. The van der Waals surface area contributed by atoms with Gasteiger partial charge in [-0.15, -0.1) is 0 Å². The molecule has 2 nitrogen and oxygen atoms in total. The van der Waals surface area contributed by atoms with Crippen molar-refractivity contribution >= 4 is 11.5 Å². The van der Waals surface area contributed by atoms with Crippen LogP contribution in [0.2, 0.25) is 0 Å². The maximum Gasteiger partial charge on any atom is 0.335 e. The van der Waals surface area contributed by atoms with Crippen molar-refractivity contribution in [2.75, 3.05) is 0 Å². The van der Waals surface area contributed by atoms with Crippen LogP contribution in [0.15, 0.2) is 36.4 Å². The molecule has 0 spiro atoms. The molecule has 0 saturated carbocycles. The Labute approximate surface area is 83.9 Å². The van der Waals surface area contributed by atoms with Gasteiger partial charge in [-0.05, 0) is 11.5 Å². The summed E-state index contributed by atoms with van der Waals surface area (Å²) in [5.41, 5.74) is 1.13. The molecule has 0 aliphatic rings. The second kappa shape index (κ2) is 4.61. The standard InChI is InChI=1S/C12H14O2/c1-9(2)8-11(12(13)14)10-6-4-3-5-7-10/h3-9H,1-2H3,(H,13,14)/b11-8-. The second-order valence-corrected chi connectivity index (χ2v) is 3.50. The largest absolute Gasteiger partial charge is 0.478 e. The molecule has 0 amide bonds. The number of carbonyl (C=O) groups is 1. The first-order valence-electron chi connectivity index (χ1n) is 4.62. The Morgan fingerprint density at radius 2 is 1.86 bits per heavy atom. The van der Waals surface area contributed by atoms with Gasteiger partial charge in [0.1, 0.15) is 0 Å². The predicted molar refractivity (Wildman–Crippen MR) is 56.9 cm³/mol. The molecule has 2 heteroatoms. The number of benzene rings is 1. The Hall–Kier alpha value is -1.57. The number of carboxylic acid groups (broad SMARTS) is 1. The molecular formula is C12H14O2. The van der Waals surface area contributed by atoms with Crippen LogP contribution in [0.25, 0.3) is 5.57 Å². The van der Waals surface area contributed by atoms with Gasteiger partial charge in [-0.3, -0.25) is 0 Å². The van der Waals surface area contributed by atoms with E-state index in [0.29, 0.717) is 5.57 Å². The van der Waals surface area contributed by atoms with Gasteiger partial charge in [0, 0.05) is 0 Å².